The van der Waals surface area contributed by atoms with Crippen LogP contribution in [0.1, 0.15) is 23.7 Å². The third-order valence-corrected chi connectivity index (χ3v) is 7.83. The number of H-pyrrole nitrogens is 2. The van der Waals surface area contributed by atoms with Gasteiger partial charge in [-0.3, -0.25) is 14.8 Å². The van der Waals surface area contributed by atoms with E-state index in [4.69, 9.17) is 9.72 Å². The Bertz CT molecular complexity index is 1280. The smallest absolute Gasteiger partial charge is 0.255 e. The van der Waals surface area contributed by atoms with E-state index in [9.17, 15) is 13.6 Å². The molecule has 2 aromatic heterocycles. The van der Waals surface area contributed by atoms with Gasteiger partial charge in [-0.05, 0) is 44.4 Å². The van der Waals surface area contributed by atoms with Crippen molar-refractivity contribution in [2.75, 3.05) is 38.3 Å². The Labute approximate surface area is 195 Å². The molecule has 3 atom stereocenters. The average Bonchev–Trinajstić information content (AvgIpc) is 3.19. The summed E-state index contributed by atoms with van der Waals surface area (Å²) in [6.45, 7) is 6.65. The van der Waals surface area contributed by atoms with Crippen molar-refractivity contribution in [2.45, 2.75) is 38.7 Å². The Morgan fingerprint density at radius 1 is 1.26 bits per heavy atom. The first-order valence-electron chi connectivity index (χ1n) is 11.8. The number of likely N-dealkylation sites (N-methyl/N-ethyl adjacent to an activating group) is 1. The van der Waals surface area contributed by atoms with E-state index in [-0.39, 0.29) is 11.9 Å². The molecule has 0 radical (unpaired) electrons. The van der Waals surface area contributed by atoms with Gasteiger partial charge in [-0.1, -0.05) is 0 Å². The zero-order valence-electron chi connectivity index (χ0n) is 19.5. The highest BCUT2D eigenvalue weighted by Gasteiger charge is 2.69. The molecule has 6 rings (SSSR count). The maximum atomic E-state index is 14.0. The molecule has 0 spiro atoms. The zero-order valence-corrected chi connectivity index (χ0v) is 19.5. The number of carbonyl (C=O) groups excluding carboxylic acids is 1. The number of aromatic nitrogens is 4. The number of anilines is 1. The number of nitrogens with zero attached hydrogens (tertiary/aromatic N) is 4. The number of halogens is 2. The van der Waals surface area contributed by atoms with Crippen LogP contribution in [0.15, 0.2) is 12.1 Å². The Balaban J connectivity index is 1.28. The Hall–Kier alpha value is -2.85. The van der Waals surface area contributed by atoms with Crippen LogP contribution < -0.4 is 4.90 Å². The van der Waals surface area contributed by atoms with Crippen LogP contribution in [0.3, 0.4) is 0 Å². The van der Waals surface area contributed by atoms with Crippen molar-refractivity contribution in [1.29, 1.82) is 0 Å². The fraction of sp³-hybridized carbons (Fsp3) is 0.542. The van der Waals surface area contributed by atoms with Gasteiger partial charge in [-0.2, -0.15) is 5.10 Å². The Morgan fingerprint density at radius 3 is 2.76 bits per heavy atom. The molecule has 1 aliphatic heterocycles. The monoisotopic (exact) mass is 470 g/mol. The lowest BCUT2D eigenvalue weighted by Crippen LogP contribution is -2.50. The summed E-state index contributed by atoms with van der Waals surface area (Å²) in [4.78, 5) is 25.1. The molecule has 1 amide bonds. The fourth-order valence-corrected chi connectivity index (χ4v) is 5.59. The summed E-state index contributed by atoms with van der Waals surface area (Å²) in [5.74, 6) is -3.17. The molecule has 180 valence electrons. The molecular formula is C24H28F2N6O2. The predicted octanol–water partition coefficient (Wildman–Crippen LogP) is 2.92. The first-order chi connectivity index (χ1) is 16.3. The molecule has 2 fully saturated rings. The lowest BCUT2D eigenvalue weighted by Gasteiger charge is -2.33. The first kappa shape index (κ1) is 21.7. The van der Waals surface area contributed by atoms with Crippen LogP contribution in [0.2, 0.25) is 0 Å². The minimum absolute atomic E-state index is 0.0152. The van der Waals surface area contributed by atoms with Gasteiger partial charge in [0.05, 0.1) is 30.3 Å². The van der Waals surface area contributed by atoms with Crippen molar-refractivity contribution in [2.24, 2.45) is 11.8 Å². The molecule has 8 nitrogen and oxygen atoms in total. The molecule has 2 aliphatic carbocycles. The third-order valence-electron chi connectivity index (χ3n) is 7.83. The number of morpholine rings is 1. The number of imidazole rings is 1. The van der Waals surface area contributed by atoms with E-state index in [1.807, 2.05) is 26.0 Å². The number of alkyl halides is 2. The van der Waals surface area contributed by atoms with Gasteiger partial charge in [0.25, 0.3) is 5.92 Å². The van der Waals surface area contributed by atoms with E-state index in [0.29, 0.717) is 43.1 Å². The topological polar surface area (TPSA) is 90.1 Å². The fourth-order valence-electron chi connectivity index (χ4n) is 5.59. The molecule has 10 heteroatoms. The summed E-state index contributed by atoms with van der Waals surface area (Å²) in [6, 6.07) is 3.62. The van der Waals surface area contributed by atoms with Crippen molar-refractivity contribution in [3.63, 3.8) is 0 Å². The number of ether oxygens (including phenoxy) is 1. The second-order valence-electron chi connectivity index (χ2n) is 9.79. The number of fused-ring (bicyclic) bond motifs is 3. The van der Waals surface area contributed by atoms with E-state index in [2.05, 4.69) is 20.1 Å². The first-order valence-corrected chi connectivity index (χ1v) is 11.8. The molecule has 0 bridgehead atoms. The maximum Gasteiger partial charge on any atom is 0.255 e. The normalized spacial score (nSPS) is 24.5. The highest BCUT2D eigenvalue weighted by atomic mass is 19.3. The molecule has 3 aromatic rings. The van der Waals surface area contributed by atoms with Crippen LogP contribution in [-0.4, -0.2) is 76.3 Å². The molecule has 1 saturated carbocycles. The van der Waals surface area contributed by atoms with Crippen LogP contribution in [0.5, 0.6) is 0 Å². The van der Waals surface area contributed by atoms with Gasteiger partial charge in [0.15, 0.2) is 5.82 Å². The number of hydrogen-bond acceptors (Lipinski definition) is 5. The summed E-state index contributed by atoms with van der Waals surface area (Å²) >= 11 is 0. The molecule has 3 unspecified atom stereocenters. The summed E-state index contributed by atoms with van der Waals surface area (Å²) in [6.07, 6.45) is 0.647. The minimum atomic E-state index is -2.58. The van der Waals surface area contributed by atoms with Gasteiger partial charge in [-0.15, -0.1) is 0 Å². The molecule has 2 N–H and O–H groups in total. The molecule has 1 aromatic carbocycles. The van der Waals surface area contributed by atoms with Crippen LogP contribution in [0.25, 0.3) is 22.6 Å². The molecule has 34 heavy (non-hydrogen) atoms. The number of hydrogen-bond donors (Lipinski definition) is 2. The molecule has 1 saturated heterocycles. The number of rotatable bonds is 4. The van der Waals surface area contributed by atoms with E-state index in [1.165, 1.54) is 0 Å². The van der Waals surface area contributed by atoms with E-state index >= 15 is 0 Å². The van der Waals surface area contributed by atoms with E-state index < -0.39 is 17.8 Å². The van der Waals surface area contributed by atoms with Crippen LogP contribution >= 0.6 is 0 Å². The van der Waals surface area contributed by atoms with Crippen molar-refractivity contribution in [3.8, 4) is 11.5 Å². The molecule has 3 aliphatic rings. The number of aryl methyl sites for hydroxylation is 1. The van der Waals surface area contributed by atoms with E-state index in [1.54, 1.807) is 11.9 Å². The zero-order chi connectivity index (χ0) is 23.8. The SMILES string of the molecule is Cc1cc2[nH]c(-c3n[nH]c4c3CC3C(C4)C3(F)F)nc2cc1N(C)C(=O)C(C)N1CCOCC1. The third kappa shape index (κ3) is 3.26. The second kappa shape index (κ2) is 7.58. The van der Waals surface area contributed by atoms with Crippen LogP contribution in [0.4, 0.5) is 14.5 Å². The average molecular weight is 471 g/mol. The van der Waals surface area contributed by atoms with Gasteiger partial charge in [0, 0.05) is 48.9 Å². The Morgan fingerprint density at radius 2 is 2.00 bits per heavy atom. The maximum absolute atomic E-state index is 14.0. The van der Waals surface area contributed by atoms with Crippen molar-refractivity contribution < 1.29 is 18.3 Å². The van der Waals surface area contributed by atoms with Gasteiger partial charge in [0.1, 0.15) is 5.69 Å². The lowest BCUT2D eigenvalue weighted by molar-refractivity contribution is -0.124. The number of nitrogens with one attached hydrogen (secondary N) is 2. The Kier molecular flexibility index (Phi) is 4.83. The number of carbonyl (C=O) groups is 1. The van der Waals surface area contributed by atoms with Crippen molar-refractivity contribution >= 4 is 22.6 Å². The van der Waals surface area contributed by atoms with Crippen molar-refractivity contribution in [3.05, 3.63) is 29.0 Å². The standard InChI is InChI=1S/C24H28F2N6O2/c1-12-8-18-19(11-20(12)31(3)23(33)13(2)32-4-6-34-7-5-32)28-22(27-18)21-14-9-15-16(24(15,25)26)10-17(14)29-30-21/h8,11,13,15-16H,4-7,9-10H2,1-3H3,(H,27,28)(H,29,30). The van der Waals surface area contributed by atoms with Gasteiger partial charge in [-0.25, -0.2) is 13.8 Å². The van der Waals surface area contributed by atoms with Gasteiger partial charge >= 0.3 is 0 Å². The van der Waals surface area contributed by atoms with E-state index in [0.717, 1.165) is 41.1 Å². The summed E-state index contributed by atoms with van der Waals surface area (Å²) in [5.41, 5.74) is 5.49. The number of benzene rings is 1. The molecule has 3 heterocycles. The predicted molar refractivity (Wildman–Crippen MR) is 123 cm³/mol. The summed E-state index contributed by atoms with van der Waals surface area (Å²) in [5, 5.41) is 7.36. The minimum Gasteiger partial charge on any atom is -0.379 e. The van der Waals surface area contributed by atoms with Crippen LogP contribution in [0, 0.1) is 18.8 Å². The largest absolute Gasteiger partial charge is 0.379 e. The van der Waals surface area contributed by atoms with Gasteiger partial charge < -0.3 is 14.6 Å². The quantitative estimate of drug-likeness (QED) is 0.612. The van der Waals surface area contributed by atoms with Crippen molar-refractivity contribution in [1.82, 2.24) is 25.1 Å². The number of aromatic amines is 2. The summed E-state index contributed by atoms with van der Waals surface area (Å²) < 4.78 is 33.3. The highest BCUT2D eigenvalue weighted by Crippen LogP contribution is 2.61. The summed E-state index contributed by atoms with van der Waals surface area (Å²) in [7, 11) is 1.79. The molecular weight excluding hydrogens is 442 g/mol. The lowest BCUT2D eigenvalue weighted by atomic mass is 9.96. The number of amides is 1. The second-order valence-corrected chi connectivity index (χ2v) is 9.79. The van der Waals surface area contributed by atoms with Gasteiger partial charge in [0.2, 0.25) is 5.91 Å². The highest BCUT2D eigenvalue weighted by molar-refractivity contribution is 5.99. The van der Waals surface area contributed by atoms with Crippen LogP contribution in [-0.2, 0) is 22.4 Å².